The fraction of sp³-hybridized carbons (Fsp3) is 0.727. The molecule has 6 heteroatoms. The third-order valence-electron chi connectivity index (χ3n) is 3.19. The highest BCUT2D eigenvalue weighted by Gasteiger charge is 2.30. The first kappa shape index (κ1) is 13.2. The Bertz CT molecular complexity index is 374. The van der Waals surface area contributed by atoms with Gasteiger partial charge in [-0.3, -0.25) is 16.0 Å². The van der Waals surface area contributed by atoms with Crippen LogP contribution in [0.4, 0.5) is 0 Å². The van der Waals surface area contributed by atoms with Crippen molar-refractivity contribution in [1.82, 2.24) is 15.2 Å². The minimum atomic E-state index is 0.0994. The van der Waals surface area contributed by atoms with E-state index in [9.17, 15) is 0 Å². The molecule has 1 aromatic rings. The van der Waals surface area contributed by atoms with E-state index in [4.69, 9.17) is 17.4 Å². The van der Waals surface area contributed by atoms with E-state index in [0.29, 0.717) is 17.0 Å². The maximum atomic E-state index is 6.26. The van der Waals surface area contributed by atoms with E-state index in [-0.39, 0.29) is 6.04 Å². The van der Waals surface area contributed by atoms with E-state index < -0.39 is 0 Å². The SMILES string of the molecule is CC(C)n1ncc(Cl)c1C(NN)C1CCSC1. The molecule has 0 amide bonds. The minimum absolute atomic E-state index is 0.0994. The van der Waals surface area contributed by atoms with Gasteiger partial charge in [0.15, 0.2) is 0 Å². The zero-order chi connectivity index (χ0) is 12.4. The Morgan fingerprint density at radius 1 is 1.65 bits per heavy atom. The van der Waals surface area contributed by atoms with Gasteiger partial charge in [0.1, 0.15) is 0 Å². The first-order valence-electron chi connectivity index (χ1n) is 5.92. The summed E-state index contributed by atoms with van der Waals surface area (Å²) >= 11 is 8.23. The minimum Gasteiger partial charge on any atom is -0.271 e. The second-order valence-electron chi connectivity index (χ2n) is 4.68. The van der Waals surface area contributed by atoms with Gasteiger partial charge < -0.3 is 0 Å². The van der Waals surface area contributed by atoms with Crippen LogP contribution in [-0.2, 0) is 0 Å². The molecule has 1 aliphatic heterocycles. The average molecular weight is 275 g/mol. The van der Waals surface area contributed by atoms with E-state index in [2.05, 4.69) is 24.4 Å². The summed E-state index contributed by atoms with van der Waals surface area (Å²) < 4.78 is 1.97. The van der Waals surface area contributed by atoms with Crippen molar-refractivity contribution in [3.8, 4) is 0 Å². The zero-order valence-electron chi connectivity index (χ0n) is 10.2. The topological polar surface area (TPSA) is 55.9 Å². The van der Waals surface area contributed by atoms with Gasteiger partial charge >= 0.3 is 0 Å². The smallest absolute Gasteiger partial charge is 0.0834 e. The van der Waals surface area contributed by atoms with E-state index in [0.717, 1.165) is 11.4 Å². The number of hydrazine groups is 1. The van der Waals surface area contributed by atoms with Gasteiger partial charge in [-0.15, -0.1) is 0 Å². The Morgan fingerprint density at radius 2 is 2.41 bits per heavy atom. The fourth-order valence-corrected chi connectivity index (χ4v) is 3.85. The van der Waals surface area contributed by atoms with Crippen LogP contribution in [0.25, 0.3) is 0 Å². The van der Waals surface area contributed by atoms with Gasteiger partial charge in [-0.1, -0.05) is 11.6 Å². The molecule has 0 bridgehead atoms. The summed E-state index contributed by atoms with van der Waals surface area (Å²) in [7, 11) is 0. The lowest BCUT2D eigenvalue weighted by molar-refractivity contribution is 0.362. The Morgan fingerprint density at radius 3 is 2.94 bits per heavy atom. The molecule has 3 N–H and O–H groups in total. The summed E-state index contributed by atoms with van der Waals surface area (Å²) in [6, 6.07) is 0.393. The van der Waals surface area contributed by atoms with Crippen molar-refractivity contribution < 1.29 is 0 Å². The van der Waals surface area contributed by atoms with Crippen molar-refractivity contribution in [3.05, 3.63) is 16.9 Å². The van der Waals surface area contributed by atoms with Gasteiger partial charge in [-0.05, 0) is 37.7 Å². The summed E-state index contributed by atoms with van der Waals surface area (Å²) in [4.78, 5) is 0. The third-order valence-corrected chi connectivity index (χ3v) is 4.67. The highest BCUT2D eigenvalue weighted by molar-refractivity contribution is 7.99. The second kappa shape index (κ2) is 5.61. The van der Waals surface area contributed by atoms with Crippen LogP contribution in [0.15, 0.2) is 6.20 Å². The van der Waals surface area contributed by atoms with E-state index in [1.807, 2.05) is 16.4 Å². The van der Waals surface area contributed by atoms with Crippen LogP contribution >= 0.6 is 23.4 Å². The standard InChI is InChI=1S/C11H19ClN4S/c1-7(2)16-11(9(12)5-14-16)10(15-13)8-3-4-17-6-8/h5,7-8,10,15H,3-4,6,13H2,1-2H3. The number of nitrogens with zero attached hydrogens (tertiary/aromatic N) is 2. The molecule has 1 aliphatic rings. The Kier molecular flexibility index (Phi) is 4.36. The van der Waals surface area contributed by atoms with Gasteiger partial charge in [0, 0.05) is 6.04 Å². The summed E-state index contributed by atoms with van der Waals surface area (Å²) in [5.74, 6) is 8.60. The molecule has 4 nitrogen and oxygen atoms in total. The number of thioether (sulfide) groups is 1. The van der Waals surface area contributed by atoms with Crippen molar-refractivity contribution in [2.75, 3.05) is 11.5 Å². The van der Waals surface area contributed by atoms with Crippen LogP contribution in [0, 0.1) is 5.92 Å². The highest BCUT2D eigenvalue weighted by atomic mass is 35.5. The molecule has 17 heavy (non-hydrogen) atoms. The van der Waals surface area contributed by atoms with Crippen LogP contribution in [0.5, 0.6) is 0 Å². The average Bonchev–Trinajstić information content (AvgIpc) is 2.91. The van der Waals surface area contributed by atoms with E-state index in [1.54, 1.807) is 6.20 Å². The van der Waals surface area contributed by atoms with Gasteiger partial charge in [-0.2, -0.15) is 16.9 Å². The van der Waals surface area contributed by atoms with Crippen molar-refractivity contribution in [2.24, 2.45) is 11.8 Å². The van der Waals surface area contributed by atoms with Crippen LogP contribution < -0.4 is 11.3 Å². The quantitative estimate of drug-likeness (QED) is 0.654. The van der Waals surface area contributed by atoms with Crippen molar-refractivity contribution in [1.29, 1.82) is 0 Å². The first-order valence-corrected chi connectivity index (χ1v) is 7.45. The molecule has 0 spiro atoms. The highest BCUT2D eigenvalue weighted by Crippen LogP contribution is 2.37. The monoisotopic (exact) mass is 274 g/mol. The predicted molar refractivity (Wildman–Crippen MR) is 73.1 cm³/mol. The van der Waals surface area contributed by atoms with Crippen LogP contribution in [-0.4, -0.2) is 21.3 Å². The molecular formula is C11H19ClN4S. The normalized spacial score (nSPS) is 22.3. The first-order chi connectivity index (χ1) is 8.15. The molecule has 0 aliphatic carbocycles. The van der Waals surface area contributed by atoms with Crippen molar-refractivity contribution >= 4 is 23.4 Å². The summed E-state index contributed by atoms with van der Waals surface area (Å²) in [6.07, 6.45) is 2.89. The second-order valence-corrected chi connectivity index (χ2v) is 6.24. The van der Waals surface area contributed by atoms with Crippen LogP contribution in [0.3, 0.4) is 0 Å². The molecule has 1 fully saturated rings. The number of aromatic nitrogens is 2. The van der Waals surface area contributed by atoms with Gasteiger partial charge in [-0.25, -0.2) is 0 Å². The number of rotatable bonds is 4. The van der Waals surface area contributed by atoms with Crippen molar-refractivity contribution in [3.63, 3.8) is 0 Å². The molecule has 2 rings (SSSR count). The molecule has 96 valence electrons. The van der Waals surface area contributed by atoms with Gasteiger partial charge in [0.05, 0.1) is 23.0 Å². The van der Waals surface area contributed by atoms with Gasteiger partial charge in [0.2, 0.25) is 0 Å². The number of hydrogen-bond acceptors (Lipinski definition) is 4. The molecular weight excluding hydrogens is 256 g/mol. The molecule has 0 aromatic carbocycles. The predicted octanol–water partition coefficient (Wildman–Crippen LogP) is 2.37. The maximum Gasteiger partial charge on any atom is 0.0834 e. The van der Waals surface area contributed by atoms with Crippen molar-refractivity contribution in [2.45, 2.75) is 32.4 Å². The van der Waals surface area contributed by atoms with Crippen LogP contribution in [0.2, 0.25) is 5.02 Å². The summed E-state index contributed by atoms with van der Waals surface area (Å²) in [5.41, 5.74) is 3.95. The largest absolute Gasteiger partial charge is 0.271 e. The molecule has 2 unspecified atom stereocenters. The molecule has 2 atom stereocenters. The Balaban J connectivity index is 2.32. The molecule has 1 saturated heterocycles. The number of hydrogen-bond donors (Lipinski definition) is 2. The maximum absolute atomic E-state index is 6.26. The number of halogens is 1. The molecule has 1 aromatic heterocycles. The van der Waals surface area contributed by atoms with E-state index in [1.165, 1.54) is 12.2 Å². The number of nitrogens with two attached hydrogens (primary N) is 1. The van der Waals surface area contributed by atoms with E-state index >= 15 is 0 Å². The lowest BCUT2D eigenvalue weighted by Gasteiger charge is -2.24. The zero-order valence-corrected chi connectivity index (χ0v) is 11.8. The number of nitrogens with one attached hydrogen (secondary N) is 1. The Labute approximate surface area is 111 Å². The summed E-state index contributed by atoms with van der Waals surface area (Å²) in [5, 5.41) is 5.04. The fourth-order valence-electron chi connectivity index (χ4n) is 2.31. The lowest BCUT2D eigenvalue weighted by atomic mass is 9.96. The lowest BCUT2D eigenvalue weighted by Crippen LogP contribution is -2.35. The Hall–Kier alpha value is -0.230. The van der Waals surface area contributed by atoms with Gasteiger partial charge in [0.25, 0.3) is 0 Å². The third kappa shape index (κ3) is 2.62. The van der Waals surface area contributed by atoms with Crippen LogP contribution in [0.1, 0.15) is 38.0 Å². The summed E-state index contributed by atoms with van der Waals surface area (Å²) in [6.45, 7) is 4.20. The molecule has 0 radical (unpaired) electrons. The molecule has 2 heterocycles. The molecule has 0 saturated carbocycles.